The Bertz CT molecular complexity index is 895. The molecule has 1 fully saturated rings. The Kier molecular flexibility index (Phi) is 6.48. The molecule has 29 heavy (non-hydrogen) atoms. The number of ether oxygens (including phenoxy) is 1. The summed E-state index contributed by atoms with van der Waals surface area (Å²) in [7, 11) is 0. The number of esters is 1. The number of urea groups is 1. The molecule has 1 saturated heterocycles. The molecular formula is C20H25N5O4. The largest absolute Gasteiger partial charge is 0.461 e. The molecule has 0 bridgehead atoms. The van der Waals surface area contributed by atoms with Crippen molar-refractivity contribution in [2.24, 2.45) is 0 Å². The standard InChI is InChI=1S/C20H25N5O4/c1-3-29-19(27)17-9-11-25(23-17)16-7-4-6-15(12-16)22-20(28)21-14(2)13-24-10-5-8-18(24)26/h4,6-7,9,11-12,14H,3,5,8,10,13H2,1-2H3,(H2,21,22,28). The van der Waals surface area contributed by atoms with Gasteiger partial charge in [0, 0.05) is 37.4 Å². The van der Waals surface area contributed by atoms with Crippen LogP contribution in [0.3, 0.4) is 0 Å². The number of carbonyl (C=O) groups excluding carboxylic acids is 3. The second-order valence-corrected chi connectivity index (χ2v) is 6.86. The lowest BCUT2D eigenvalue weighted by Crippen LogP contribution is -2.44. The number of benzene rings is 1. The van der Waals surface area contributed by atoms with E-state index in [9.17, 15) is 14.4 Å². The van der Waals surface area contributed by atoms with Gasteiger partial charge in [0.25, 0.3) is 0 Å². The molecule has 0 radical (unpaired) electrons. The van der Waals surface area contributed by atoms with Crippen molar-refractivity contribution in [3.8, 4) is 5.69 Å². The van der Waals surface area contributed by atoms with Crippen LogP contribution in [0.1, 0.15) is 37.2 Å². The normalized spacial score (nSPS) is 14.6. The van der Waals surface area contributed by atoms with E-state index >= 15 is 0 Å². The lowest BCUT2D eigenvalue weighted by molar-refractivity contribution is -0.127. The molecule has 1 unspecified atom stereocenters. The van der Waals surface area contributed by atoms with E-state index < -0.39 is 5.97 Å². The molecule has 1 aromatic carbocycles. The zero-order valence-electron chi connectivity index (χ0n) is 16.6. The molecule has 2 aromatic rings. The van der Waals surface area contributed by atoms with Gasteiger partial charge in [-0.05, 0) is 44.5 Å². The molecule has 2 N–H and O–H groups in total. The average Bonchev–Trinajstić information content (AvgIpc) is 3.32. The fourth-order valence-electron chi connectivity index (χ4n) is 3.17. The summed E-state index contributed by atoms with van der Waals surface area (Å²) in [5, 5.41) is 9.83. The summed E-state index contributed by atoms with van der Waals surface area (Å²) in [6, 6.07) is 8.15. The van der Waals surface area contributed by atoms with Crippen LogP contribution in [0.4, 0.5) is 10.5 Å². The van der Waals surface area contributed by atoms with E-state index in [1.807, 2.05) is 13.0 Å². The summed E-state index contributed by atoms with van der Waals surface area (Å²) >= 11 is 0. The first-order valence-corrected chi connectivity index (χ1v) is 9.64. The van der Waals surface area contributed by atoms with Crippen molar-refractivity contribution in [1.82, 2.24) is 20.0 Å². The van der Waals surface area contributed by atoms with E-state index in [0.29, 0.717) is 24.3 Å². The molecule has 0 saturated carbocycles. The maximum absolute atomic E-state index is 12.3. The molecule has 0 spiro atoms. The molecule has 2 heterocycles. The molecule has 9 nitrogen and oxygen atoms in total. The second kappa shape index (κ2) is 9.22. The molecule has 1 aromatic heterocycles. The van der Waals surface area contributed by atoms with E-state index in [-0.39, 0.29) is 30.3 Å². The molecule has 0 aliphatic carbocycles. The Morgan fingerprint density at radius 1 is 1.31 bits per heavy atom. The molecule has 154 valence electrons. The number of anilines is 1. The number of amides is 3. The number of hydrogen-bond donors (Lipinski definition) is 2. The highest BCUT2D eigenvalue weighted by Gasteiger charge is 2.22. The van der Waals surface area contributed by atoms with Gasteiger partial charge in [0.15, 0.2) is 5.69 Å². The van der Waals surface area contributed by atoms with Crippen molar-refractivity contribution in [2.45, 2.75) is 32.7 Å². The minimum atomic E-state index is -0.481. The molecule has 3 rings (SSSR count). The number of rotatable bonds is 7. The van der Waals surface area contributed by atoms with E-state index in [1.165, 1.54) is 4.68 Å². The first-order chi connectivity index (χ1) is 14.0. The maximum Gasteiger partial charge on any atom is 0.358 e. The van der Waals surface area contributed by atoms with Gasteiger partial charge in [-0.1, -0.05) is 6.07 Å². The number of hydrogen-bond acceptors (Lipinski definition) is 5. The predicted molar refractivity (Wildman–Crippen MR) is 107 cm³/mol. The zero-order valence-corrected chi connectivity index (χ0v) is 16.6. The monoisotopic (exact) mass is 399 g/mol. The van der Waals surface area contributed by atoms with E-state index in [1.54, 1.807) is 42.3 Å². The van der Waals surface area contributed by atoms with Crippen LogP contribution < -0.4 is 10.6 Å². The third-order valence-corrected chi connectivity index (χ3v) is 4.49. The lowest BCUT2D eigenvalue weighted by Gasteiger charge is -2.21. The van der Waals surface area contributed by atoms with Crippen LogP contribution in [-0.4, -0.2) is 58.3 Å². The van der Waals surface area contributed by atoms with Crippen molar-refractivity contribution in [1.29, 1.82) is 0 Å². The van der Waals surface area contributed by atoms with Gasteiger partial charge in [-0.3, -0.25) is 4.79 Å². The molecule has 3 amide bonds. The van der Waals surface area contributed by atoms with Gasteiger partial charge in [-0.15, -0.1) is 0 Å². The van der Waals surface area contributed by atoms with Crippen molar-refractivity contribution < 1.29 is 19.1 Å². The molecule has 9 heteroatoms. The second-order valence-electron chi connectivity index (χ2n) is 6.86. The van der Waals surface area contributed by atoms with Gasteiger partial charge in [0.1, 0.15) is 0 Å². The van der Waals surface area contributed by atoms with E-state index in [2.05, 4.69) is 15.7 Å². The first kappa shape index (κ1) is 20.4. The highest BCUT2D eigenvalue weighted by Crippen LogP contribution is 2.15. The predicted octanol–water partition coefficient (Wildman–Crippen LogP) is 2.18. The first-order valence-electron chi connectivity index (χ1n) is 9.64. The van der Waals surface area contributed by atoms with Crippen molar-refractivity contribution in [3.05, 3.63) is 42.2 Å². The number of nitrogens with one attached hydrogen (secondary N) is 2. The van der Waals surface area contributed by atoms with E-state index in [4.69, 9.17) is 4.74 Å². The third kappa shape index (κ3) is 5.34. The quantitative estimate of drug-likeness (QED) is 0.694. The summed E-state index contributed by atoms with van der Waals surface area (Å²) in [6.07, 6.45) is 3.10. The molecule has 1 atom stereocenters. The van der Waals surface area contributed by atoms with Gasteiger partial charge in [0.05, 0.1) is 12.3 Å². The summed E-state index contributed by atoms with van der Waals surface area (Å²) in [6.45, 7) is 5.12. The minimum absolute atomic E-state index is 0.133. The Hall–Kier alpha value is -3.36. The van der Waals surface area contributed by atoms with Gasteiger partial charge >= 0.3 is 12.0 Å². The van der Waals surface area contributed by atoms with Gasteiger partial charge in [-0.2, -0.15) is 5.10 Å². The minimum Gasteiger partial charge on any atom is -0.461 e. The number of aromatic nitrogens is 2. The van der Waals surface area contributed by atoms with Gasteiger partial charge in [0.2, 0.25) is 5.91 Å². The highest BCUT2D eigenvalue weighted by molar-refractivity contribution is 5.90. The third-order valence-electron chi connectivity index (χ3n) is 4.49. The Labute approximate surface area is 169 Å². The van der Waals surface area contributed by atoms with Crippen molar-refractivity contribution >= 4 is 23.6 Å². The SMILES string of the molecule is CCOC(=O)c1ccn(-c2cccc(NC(=O)NC(C)CN3CCCC3=O)c2)n1. The summed E-state index contributed by atoms with van der Waals surface area (Å²) in [5.74, 6) is -0.349. The van der Waals surface area contributed by atoms with Crippen LogP contribution in [0.15, 0.2) is 36.5 Å². The van der Waals surface area contributed by atoms with Crippen LogP contribution in [0.5, 0.6) is 0 Å². The lowest BCUT2D eigenvalue weighted by atomic mass is 10.2. The molecular weight excluding hydrogens is 374 g/mol. The number of nitrogens with zero attached hydrogens (tertiary/aromatic N) is 3. The number of carbonyl (C=O) groups is 3. The molecule has 1 aliphatic rings. The van der Waals surface area contributed by atoms with E-state index in [0.717, 1.165) is 13.0 Å². The fourth-order valence-corrected chi connectivity index (χ4v) is 3.17. The van der Waals surface area contributed by atoms with Crippen LogP contribution >= 0.6 is 0 Å². The van der Waals surface area contributed by atoms with Crippen LogP contribution in [0, 0.1) is 0 Å². The van der Waals surface area contributed by atoms with Gasteiger partial charge in [-0.25, -0.2) is 14.3 Å². The van der Waals surface area contributed by atoms with Gasteiger partial charge < -0.3 is 20.3 Å². The van der Waals surface area contributed by atoms with Crippen LogP contribution in [-0.2, 0) is 9.53 Å². The Balaban J connectivity index is 1.58. The topological polar surface area (TPSA) is 106 Å². The summed E-state index contributed by atoms with van der Waals surface area (Å²) < 4.78 is 6.48. The molecule has 1 aliphatic heterocycles. The van der Waals surface area contributed by atoms with Crippen LogP contribution in [0.25, 0.3) is 5.69 Å². The summed E-state index contributed by atoms with van der Waals surface area (Å²) in [4.78, 5) is 37.5. The fraction of sp³-hybridized carbons (Fsp3) is 0.400. The maximum atomic E-state index is 12.3. The zero-order chi connectivity index (χ0) is 20.8. The highest BCUT2D eigenvalue weighted by atomic mass is 16.5. The van der Waals surface area contributed by atoms with Crippen molar-refractivity contribution in [2.75, 3.05) is 25.0 Å². The Morgan fingerprint density at radius 2 is 2.14 bits per heavy atom. The summed E-state index contributed by atoms with van der Waals surface area (Å²) in [5.41, 5.74) is 1.49. The Morgan fingerprint density at radius 3 is 2.86 bits per heavy atom. The van der Waals surface area contributed by atoms with Crippen molar-refractivity contribution in [3.63, 3.8) is 0 Å². The average molecular weight is 399 g/mol. The smallest absolute Gasteiger partial charge is 0.358 e. The van der Waals surface area contributed by atoms with Crippen LogP contribution in [0.2, 0.25) is 0 Å². The number of likely N-dealkylation sites (tertiary alicyclic amines) is 1.